The Kier molecular flexibility index (Phi) is 4.86. The molecule has 0 unspecified atom stereocenters. The van der Waals surface area contributed by atoms with E-state index in [0.717, 1.165) is 41.3 Å². The number of hydrogen-bond acceptors (Lipinski definition) is 5. The van der Waals surface area contributed by atoms with Crippen LogP contribution in [-0.4, -0.2) is 39.7 Å². The molecule has 5 rings (SSSR count). The van der Waals surface area contributed by atoms with E-state index in [1.165, 1.54) is 0 Å². The number of nitrogens with one attached hydrogen (secondary N) is 2. The van der Waals surface area contributed by atoms with Gasteiger partial charge in [0.2, 0.25) is 11.8 Å². The molecule has 3 aliphatic rings. The molecule has 9 heteroatoms. The number of alkyl halides is 2. The summed E-state index contributed by atoms with van der Waals surface area (Å²) in [5.41, 5.74) is 3.49. The molecule has 1 amide bonds. The third-order valence-corrected chi connectivity index (χ3v) is 6.67. The summed E-state index contributed by atoms with van der Waals surface area (Å²) in [5.74, 6) is -1.34. The lowest BCUT2D eigenvalue weighted by Gasteiger charge is -2.36. The average Bonchev–Trinajstić information content (AvgIpc) is 3.34. The Morgan fingerprint density at radius 3 is 2.84 bits per heavy atom. The second-order valence-corrected chi connectivity index (χ2v) is 9.26. The predicted octanol–water partition coefficient (Wildman–Crippen LogP) is 3.80. The molecule has 0 spiro atoms. The number of halogens is 2. The number of aromatic nitrogens is 3. The molecule has 2 aliphatic carbocycles. The summed E-state index contributed by atoms with van der Waals surface area (Å²) >= 11 is 0. The first kappa shape index (κ1) is 20.2. The van der Waals surface area contributed by atoms with Crippen molar-refractivity contribution in [2.24, 2.45) is 11.8 Å². The number of likely N-dealkylation sites (N-methyl/N-ethyl adjacent to an activating group) is 1. The highest BCUT2D eigenvalue weighted by molar-refractivity contribution is 6.04. The van der Waals surface area contributed by atoms with Crippen molar-refractivity contribution in [1.82, 2.24) is 14.8 Å². The molecule has 3 heterocycles. The van der Waals surface area contributed by atoms with Gasteiger partial charge in [-0.1, -0.05) is 0 Å². The SMILES string of the molecule is Cc1nc(NCc2cnn(C[C@@H]3CCC(F)(F)C3)c2)cc2c1NC(=O)[C@H](C1CC1)N2C. The topological polar surface area (TPSA) is 75.1 Å². The van der Waals surface area contributed by atoms with Crippen molar-refractivity contribution in [3.63, 3.8) is 0 Å². The van der Waals surface area contributed by atoms with Crippen LogP contribution >= 0.6 is 0 Å². The zero-order valence-electron chi connectivity index (χ0n) is 17.9. The largest absolute Gasteiger partial charge is 0.366 e. The van der Waals surface area contributed by atoms with Crippen LogP contribution in [0.15, 0.2) is 18.5 Å². The van der Waals surface area contributed by atoms with Gasteiger partial charge in [0.1, 0.15) is 11.9 Å². The molecule has 1 aliphatic heterocycles. The van der Waals surface area contributed by atoms with Crippen LogP contribution in [0.3, 0.4) is 0 Å². The van der Waals surface area contributed by atoms with Crippen molar-refractivity contribution in [3.05, 3.63) is 29.7 Å². The summed E-state index contributed by atoms with van der Waals surface area (Å²) in [4.78, 5) is 19.2. The number of rotatable bonds is 6. The van der Waals surface area contributed by atoms with E-state index in [-0.39, 0.29) is 30.7 Å². The summed E-state index contributed by atoms with van der Waals surface area (Å²) < 4.78 is 28.6. The maximum Gasteiger partial charge on any atom is 0.248 e. The molecule has 0 saturated heterocycles. The first-order valence-corrected chi connectivity index (χ1v) is 11.0. The highest BCUT2D eigenvalue weighted by atomic mass is 19.3. The Labute approximate surface area is 180 Å². The van der Waals surface area contributed by atoms with Crippen molar-refractivity contribution >= 4 is 23.1 Å². The van der Waals surface area contributed by atoms with E-state index in [9.17, 15) is 13.6 Å². The number of pyridine rings is 1. The van der Waals surface area contributed by atoms with Crippen LogP contribution in [0.2, 0.25) is 0 Å². The second kappa shape index (κ2) is 7.46. The number of amides is 1. The maximum absolute atomic E-state index is 13.4. The third-order valence-electron chi connectivity index (χ3n) is 6.67. The van der Waals surface area contributed by atoms with E-state index >= 15 is 0 Å². The Bertz CT molecular complexity index is 1000. The molecule has 0 bridgehead atoms. The van der Waals surface area contributed by atoms with Gasteiger partial charge in [0.05, 0.1) is 23.3 Å². The zero-order chi connectivity index (χ0) is 21.8. The van der Waals surface area contributed by atoms with E-state index in [1.807, 2.05) is 26.2 Å². The summed E-state index contributed by atoms with van der Waals surface area (Å²) in [6.45, 7) is 2.96. The van der Waals surface area contributed by atoms with Gasteiger partial charge in [-0.2, -0.15) is 5.10 Å². The summed E-state index contributed by atoms with van der Waals surface area (Å²) in [6, 6.07) is 1.85. The summed E-state index contributed by atoms with van der Waals surface area (Å²) in [5, 5.41) is 10.7. The molecule has 2 saturated carbocycles. The molecule has 0 radical (unpaired) electrons. The first-order chi connectivity index (χ1) is 14.8. The van der Waals surface area contributed by atoms with Crippen LogP contribution in [0.1, 0.15) is 43.4 Å². The van der Waals surface area contributed by atoms with Crippen molar-refractivity contribution < 1.29 is 13.6 Å². The number of fused-ring (bicyclic) bond motifs is 1. The summed E-state index contributed by atoms with van der Waals surface area (Å²) in [6.07, 6.45) is 6.33. The van der Waals surface area contributed by atoms with Gasteiger partial charge < -0.3 is 15.5 Å². The maximum atomic E-state index is 13.4. The molecule has 2 aromatic heterocycles. The number of carbonyl (C=O) groups is 1. The quantitative estimate of drug-likeness (QED) is 0.729. The number of nitrogens with zero attached hydrogens (tertiary/aromatic N) is 4. The fourth-order valence-corrected chi connectivity index (χ4v) is 4.90. The standard InChI is InChI=1S/C22H28F2N6O/c1-13-19-17(29(2)20(16-3-4-16)21(31)28-19)7-18(27-13)25-9-15-10-26-30(12-15)11-14-5-6-22(23,24)8-14/h7,10,12,14,16,20H,3-6,8-9,11H2,1-2H3,(H,25,27)(H,28,31)/t14-,20+/m1/s1. The van der Waals surface area contributed by atoms with Gasteiger partial charge in [-0.25, -0.2) is 13.8 Å². The molecule has 2 atom stereocenters. The molecule has 0 aromatic carbocycles. The Hall–Kier alpha value is -2.71. The second-order valence-electron chi connectivity index (χ2n) is 9.26. The van der Waals surface area contributed by atoms with Gasteiger partial charge in [0.15, 0.2) is 0 Å². The normalized spacial score (nSPS) is 24.8. The average molecular weight is 431 g/mol. The molecule has 166 valence electrons. The lowest BCUT2D eigenvalue weighted by Crippen LogP contribution is -2.47. The fourth-order valence-electron chi connectivity index (χ4n) is 4.90. The molecule has 2 aromatic rings. The van der Waals surface area contributed by atoms with Crippen LogP contribution in [-0.2, 0) is 17.9 Å². The molecule has 2 N–H and O–H groups in total. The van der Waals surface area contributed by atoms with Gasteiger partial charge in [0, 0.05) is 50.8 Å². The van der Waals surface area contributed by atoms with E-state index < -0.39 is 5.92 Å². The minimum atomic E-state index is -2.52. The fraction of sp³-hybridized carbons (Fsp3) is 0.591. The van der Waals surface area contributed by atoms with E-state index in [1.54, 1.807) is 10.9 Å². The number of aryl methyl sites for hydroxylation is 1. The molecule has 31 heavy (non-hydrogen) atoms. The zero-order valence-corrected chi connectivity index (χ0v) is 17.9. The van der Waals surface area contributed by atoms with Gasteiger partial charge in [0.25, 0.3) is 0 Å². The number of anilines is 3. The van der Waals surface area contributed by atoms with Crippen LogP contribution in [0, 0.1) is 18.8 Å². The van der Waals surface area contributed by atoms with E-state index in [0.29, 0.717) is 25.4 Å². The molecule has 7 nitrogen and oxygen atoms in total. The van der Waals surface area contributed by atoms with Gasteiger partial charge in [-0.3, -0.25) is 9.48 Å². The van der Waals surface area contributed by atoms with Crippen LogP contribution in [0.4, 0.5) is 26.0 Å². The van der Waals surface area contributed by atoms with Gasteiger partial charge in [-0.15, -0.1) is 0 Å². The van der Waals surface area contributed by atoms with E-state index in [4.69, 9.17) is 0 Å². The Morgan fingerprint density at radius 1 is 1.32 bits per heavy atom. The third kappa shape index (κ3) is 4.09. The van der Waals surface area contributed by atoms with Crippen molar-refractivity contribution in [1.29, 1.82) is 0 Å². The number of hydrogen-bond donors (Lipinski definition) is 2. The van der Waals surface area contributed by atoms with E-state index in [2.05, 4.69) is 25.6 Å². The van der Waals surface area contributed by atoms with Crippen LogP contribution in [0.25, 0.3) is 0 Å². The van der Waals surface area contributed by atoms with Crippen LogP contribution < -0.4 is 15.5 Å². The Morgan fingerprint density at radius 2 is 2.13 bits per heavy atom. The van der Waals surface area contributed by atoms with Crippen LogP contribution in [0.5, 0.6) is 0 Å². The van der Waals surface area contributed by atoms with Crippen molar-refractivity contribution in [3.8, 4) is 0 Å². The number of carbonyl (C=O) groups excluding carboxylic acids is 1. The monoisotopic (exact) mass is 430 g/mol. The highest BCUT2D eigenvalue weighted by Crippen LogP contribution is 2.43. The summed E-state index contributed by atoms with van der Waals surface area (Å²) in [7, 11) is 1.97. The molecule has 2 fully saturated rings. The highest BCUT2D eigenvalue weighted by Gasteiger charge is 2.43. The van der Waals surface area contributed by atoms with Crippen molar-refractivity contribution in [2.45, 2.75) is 64.1 Å². The lowest BCUT2D eigenvalue weighted by atomic mass is 10.0. The smallest absolute Gasteiger partial charge is 0.248 e. The Balaban J connectivity index is 1.25. The molecular weight excluding hydrogens is 402 g/mol. The minimum Gasteiger partial charge on any atom is -0.366 e. The van der Waals surface area contributed by atoms with Crippen molar-refractivity contribution in [2.75, 3.05) is 22.6 Å². The molecular formula is C22H28F2N6O. The van der Waals surface area contributed by atoms with Gasteiger partial charge in [-0.05, 0) is 38.0 Å². The first-order valence-electron chi connectivity index (χ1n) is 11.0. The predicted molar refractivity (Wildman–Crippen MR) is 114 cm³/mol. The lowest BCUT2D eigenvalue weighted by molar-refractivity contribution is -0.118. The minimum absolute atomic E-state index is 0.0206. The van der Waals surface area contributed by atoms with Gasteiger partial charge >= 0.3 is 0 Å².